The molecule has 0 bridgehead atoms. The van der Waals surface area contributed by atoms with Crippen LogP contribution in [-0.2, 0) is 14.8 Å². The molecule has 6 heteroatoms. The van der Waals surface area contributed by atoms with Crippen LogP contribution in [0.4, 0.5) is 11.4 Å². The molecule has 2 rings (SSSR count). The molecule has 0 aliphatic carbocycles. The highest BCUT2D eigenvalue weighted by Gasteiger charge is 2.32. The summed E-state index contributed by atoms with van der Waals surface area (Å²) in [6.45, 7) is 9.43. The molecule has 0 aliphatic rings. The Labute approximate surface area is 162 Å². The Kier molecular flexibility index (Phi) is 6.31. The fourth-order valence-corrected chi connectivity index (χ4v) is 4.34. The lowest BCUT2D eigenvalue weighted by Gasteiger charge is -2.31. The molecule has 27 heavy (non-hydrogen) atoms. The van der Waals surface area contributed by atoms with Gasteiger partial charge in [0.05, 0.1) is 11.9 Å². The second-order valence-corrected chi connectivity index (χ2v) is 8.94. The average Bonchev–Trinajstić information content (AvgIpc) is 2.57. The molecule has 1 N–H and O–H groups in total. The molecule has 0 spiro atoms. The number of sulfonamides is 1. The van der Waals surface area contributed by atoms with Gasteiger partial charge >= 0.3 is 0 Å². The lowest BCUT2D eigenvalue weighted by atomic mass is 10.1. The average molecular weight is 389 g/mol. The van der Waals surface area contributed by atoms with E-state index in [-0.39, 0.29) is 5.91 Å². The summed E-state index contributed by atoms with van der Waals surface area (Å²) in [5, 5.41) is 2.91. The van der Waals surface area contributed by atoms with Gasteiger partial charge in [-0.05, 0) is 68.5 Å². The van der Waals surface area contributed by atoms with E-state index in [2.05, 4.69) is 5.32 Å². The zero-order valence-corrected chi connectivity index (χ0v) is 17.6. The molecule has 0 heterocycles. The van der Waals surface area contributed by atoms with Crippen molar-refractivity contribution in [3.05, 3.63) is 58.7 Å². The summed E-state index contributed by atoms with van der Waals surface area (Å²) < 4.78 is 26.5. The first-order valence-corrected chi connectivity index (χ1v) is 10.8. The fourth-order valence-electron chi connectivity index (χ4n) is 3.08. The van der Waals surface area contributed by atoms with E-state index < -0.39 is 16.1 Å². The van der Waals surface area contributed by atoms with Gasteiger partial charge in [-0.3, -0.25) is 9.10 Å². The summed E-state index contributed by atoms with van der Waals surface area (Å²) in [5.41, 5.74) is 4.95. The zero-order valence-electron chi connectivity index (χ0n) is 16.8. The van der Waals surface area contributed by atoms with Gasteiger partial charge in [0.15, 0.2) is 0 Å². The first kappa shape index (κ1) is 21.0. The second kappa shape index (κ2) is 8.13. The minimum absolute atomic E-state index is 0.336. The molecule has 0 aromatic heterocycles. The summed E-state index contributed by atoms with van der Waals surface area (Å²) in [5.74, 6) is -0.336. The van der Waals surface area contributed by atoms with Crippen LogP contribution in [0.15, 0.2) is 36.4 Å². The van der Waals surface area contributed by atoms with Crippen LogP contribution in [-0.4, -0.2) is 26.6 Å². The van der Waals surface area contributed by atoms with E-state index in [0.29, 0.717) is 17.8 Å². The molecule has 2 aromatic carbocycles. The van der Waals surface area contributed by atoms with Crippen molar-refractivity contribution < 1.29 is 13.2 Å². The highest BCUT2D eigenvalue weighted by molar-refractivity contribution is 7.92. The van der Waals surface area contributed by atoms with Crippen LogP contribution in [0.3, 0.4) is 0 Å². The van der Waals surface area contributed by atoms with Crippen molar-refractivity contribution in [3.8, 4) is 0 Å². The third-order valence-corrected chi connectivity index (χ3v) is 5.75. The molecule has 1 amide bonds. The Balaban J connectivity index is 2.48. The summed E-state index contributed by atoms with van der Waals surface area (Å²) in [4.78, 5) is 13.0. The number of benzene rings is 2. The number of hydrogen-bond donors (Lipinski definition) is 1. The molecule has 0 radical (unpaired) electrons. The number of anilines is 2. The standard InChI is InChI=1S/C21H28N2O3S/c1-7-19(21(24)22-18-12-14(2)8-10-16(18)4)23(27(6,25)26)20-13-15(3)9-11-17(20)5/h8-13,19H,7H2,1-6H3,(H,22,24). The van der Waals surface area contributed by atoms with Gasteiger partial charge in [-0.15, -0.1) is 0 Å². The molecule has 0 saturated heterocycles. The molecule has 2 aromatic rings. The highest BCUT2D eigenvalue weighted by Crippen LogP contribution is 2.28. The number of aryl methyl sites for hydroxylation is 4. The largest absolute Gasteiger partial charge is 0.324 e. The Morgan fingerprint density at radius 3 is 2.11 bits per heavy atom. The van der Waals surface area contributed by atoms with Crippen LogP contribution in [0.2, 0.25) is 0 Å². The second-order valence-electron chi connectivity index (χ2n) is 7.08. The first-order valence-electron chi connectivity index (χ1n) is 8.99. The van der Waals surface area contributed by atoms with E-state index in [1.165, 1.54) is 4.31 Å². The van der Waals surface area contributed by atoms with E-state index >= 15 is 0 Å². The van der Waals surface area contributed by atoms with Crippen LogP contribution in [0.25, 0.3) is 0 Å². The third kappa shape index (κ3) is 4.89. The highest BCUT2D eigenvalue weighted by atomic mass is 32.2. The summed E-state index contributed by atoms with van der Waals surface area (Å²) >= 11 is 0. The monoisotopic (exact) mass is 388 g/mol. The van der Waals surface area contributed by atoms with Gasteiger partial charge in [-0.1, -0.05) is 31.2 Å². The maximum absolute atomic E-state index is 13.0. The van der Waals surface area contributed by atoms with E-state index in [4.69, 9.17) is 0 Å². The third-order valence-electron chi connectivity index (χ3n) is 4.58. The molecule has 0 saturated carbocycles. The van der Waals surface area contributed by atoms with Crippen molar-refractivity contribution in [2.75, 3.05) is 15.9 Å². The van der Waals surface area contributed by atoms with Crippen molar-refractivity contribution in [3.63, 3.8) is 0 Å². The van der Waals surface area contributed by atoms with Crippen LogP contribution in [0, 0.1) is 27.7 Å². The Hall–Kier alpha value is -2.34. The maximum Gasteiger partial charge on any atom is 0.248 e. The number of rotatable bonds is 6. The van der Waals surface area contributed by atoms with Crippen molar-refractivity contribution in [2.24, 2.45) is 0 Å². The minimum Gasteiger partial charge on any atom is -0.324 e. The number of carbonyl (C=O) groups is 1. The maximum atomic E-state index is 13.0. The molecular weight excluding hydrogens is 360 g/mol. The minimum atomic E-state index is -3.65. The van der Waals surface area contributed by atoms with E-state index in [0.717, 1.165) is 28.5 Å². The molecule has 0 fully saturated rings. The summed E-state index contributed by atoms with van der Waals surface area (Å²) in [6, 6.07) is 10.6. The van der Waals surface area contributed by atoms with Crippen molar-refractivity contribution in [2.45, 2.75) is 47.1 Å². The summed E-state index contributed by atoms with van der Waals surface area (Å²) in [7, 11) is -3.65. The Morgan fingerprint density at radius 1 is 1.00 bits per heavy atom. The smallest absolute Gasteiger partial charge is 0.248 e. The molecular formula is C21H28N2O3S. The van der Waals surface area contributed by atoms with Gasteiger partial charge in [0, 0.05) is 5.69 Å². The number of nitrogens with one attached hydrogen (secondary N) is 1. The van der Waals surface area contributed by atoms with E-state index in [1.807, 2.05) is 71.0 Å². The quantitative estimate of drug-likeness (QED) is 0.810. The van der Waals surface area contributed by atoms with Crippen LogP contribution in [0.5, 0.6) is 0 Å². The van der Waals surface area contributed by atoms with Crippen LogP contribution in [0.1, 0.15) is 35.6 Å². The number of carbonyl (C=O) groups excluding carboxylic acids is 1. The topological polar surface area (TPSA) is 66.5 Å². The first-order chi connectivity index (χ1) is 12.5. The van der Waals surface area contributed by atoms with E-state index in [9.17, 15) is 13.2 Å². The van der Waals surface area contributed by atoms with Gasteiger partial charge in [0.1, 0.15) is 6.04 Å². The van der Waals surface area contributed by atoms with Gasteiger partial charge in [-0.25, -0.2) is 8.42 Å². The lowest BCUT2D eigenvalue weighted by Crippen LogP contribution is -2.47. The predicted molar refractivity (Wildman–Crippen MR) is 112 cm³/mol. The van der Waals surface area contributed by atoms with Gasteiger partial charge in [0.2, 0.25) is 15.9 Å². The number of amides is 1. The normalized spacial score (nSPS) is 12.5. The van der Waals surface area contributed by atoms with Gasteiger partial charge in [0.25, 0.3) is 0 Å². The zero-order chi connectivity index (χ0) is 20.4. The summed E-state index contributed by atoms with van der Waals surface area (Å²) in [6.07, 6.45) is 1.50. The van der Waals surface area contributed by atoms with Gasteiger partial charge < -0.3 is 5.32 Å². The number of nitrogens with zero attached hydrogens (tertiary/aromatic N) is 1. The Bertz CT molecular complexity index is 952. The molecule has 1 atom stereocenters. The van der Waals surface area contributed by atoms with Crippen molar-refractivity contribution in [1.29, 1.82) is 0 Å². The molecule has 0 aliphatic heterocycles. The van der Waals surface area contributed by atoms with E-state index in [1.54, 1.807) is 0 Å². The fraction of sp³-hybridized carbons (Fsp3) is 0.381. The van der Waals surface area contributed by atoms with Gasteiger partial charge in [-0.2, -0.15) is 0 Å². The molecule has 1 unspecified atom stereocenters. The van der Waals surface area contributed by atoms with Crippen LogP contribution < -0.4 is 9.62 Å². The van der Waals surface area contributed by atoms with Crippen LogP contribution >= 0.6 is 0 Å². The molecule has 146 valence electrons. The Morgan fingerprint density at radius 2 is 1.56 bits per heavy atom. The van der Waals surface area contributed by atoms with Crippen molar-refractivity contribution in [1.82, 2.24) is 0 Å². The SMILES string of the molecule is CCC(C(=O)Nc1cc(C)ccc1C)N(c1cc(C)ccc1C)S(C)(=O)=O. The van der Waals surface area contributed by atoms with Crippen molar-refractivity contribution >= 4 is 27.3 Å². The molecule has 5 nitrogen and oxygen atoms in total. The number of hydrogen-bond acceptors (Lipinski definition) is 3. The lowest BCUT2D eigenvalue weighted by molar-refractivity contribution is -0.117. The predicted octanol–water partition coefficient (Wildman–Crippen LogP) is 4.10.